The van der Waals surface area contributed by atoms with Gasteiger partial charge in [0.15, 0.2) is 6.10 Å². The zero-order valence-electron chi connectivity index (χ0n) is 19.9. The maximum Gasteiger partial charge on any atom is 0.246 e. The van der Waals surface area contributed by atoms with Crippen molar-refractivity contribution in [3.63, 3.8) is 0 Å². The molecule has 1 fully saturated rings. The molecule has 1 heterocycles. The smallest absolute Gasteiger partial charge is 0.246 e. The summed E-state index contributed by atoms with van der Waals surface area (Å²) in [5.74, 6) is -0.122. The van der Waals surface area contributed by atoms with Crippen molar-refractivity contribution in [1.29, 1.82) is 0 Å². The second kappa shape index (κ2) is 11.0. The van der Waals surface area contributed by atoms with Gasteiger partial charge in [0.05, 0.1) is 19.9 Å². The van der Waals surface area contributed by atoms with Crippen LogP contribution in [0.3, 0.4) is 0 Å². The Morgan fingerprint density at radius 3 is 1.89 bits per heavy atom. The van der Waals surface area contributed by atoms with Gasteiger partial charge in [0.25, 0.3) is 0 Å². The molecule has 0 N–H and O–H groups in total. The molecule has 36 heavy (non-hydrogen) atoms. The molecule has 190 valence electrons. The van der Waals surface area contributed by atoms with Gasteiger partial charge in [0.1, 0.15) is 28.0 Å². The first-order valence-electron chi connectivity index (χ1n) is 11.3. The van der Waals surface area contributed by atoms with E-state index in [1.54, 1.807) is 36.4 Å². The molecule has 3 aromatic carbocycles. The Morgan fingerprint density at radius 2 is 1.39 bits per heavy atom. The minimum absolute atomic E-state index is 0.0358. The Labute approximate surface area is 209 Å². The Morgan fingerprint density at radius 1 is 0.833 bits per heavy atom. The van der Waals surface area contributed by atoms with Crippen molar-refractivity contribution in [3.05, 3.63) is 89.5 Å². The molecule has 0 aromatic heterocycles. The summed E-state index contributed by atoms with van der Waals surface area (Å²) in [4.78, 5) is 5.88. The monoisotopic (exact) mass is 516 g/mol. The van der Waals surface area contributed by atoms with Crippen molar-refractivity contribution in [3.8, 4) is 11.5 Å². The Kier molecular flexibility index (Phi) is 7.85. The van der Waals surface area contributed by atoms with Crippen molar-refractivity contribution >= 4 is 15.7 Å². The number of nitrogens with zero attached hydrogens (tertiary/aromatic N) is 2. The summed E-state index contributed by atoms with van der Waals surface area (Å²) in [7, 11) is -0.945. The second-order valence-electron chi connectivity index (χ2n) is 8.17. The number of hydrogen-bond acceptors (Lipinski definition) is 6. The van der Waals surface area contributed by atoms with Crippen LogP contribution in [0.1, 0.15) is 30.1 Å². The summed E-state index contributed by atoms with van der Waals surface area (Å²) < 4.78 is 65.3. The quantitative estimate of drug-likeness (QED) is 0.397. The number of rotatable bonds is 8. The fourth-order valence-corrected chi connectivity index (χ4v) is 5.53. The van der Waals surface area contributed by atoms with Crippen LogP contribution in [0.4, 0.5) is 8.78 Å². The van der Waals surface area contributed by atoms with Gasteiger partial charge < -0.3 is 14.3 Å². The van der Waals surface area contributed by atoms with Crippen LogP contribution in [0.5, 0.6) is 11.5 Å². The van der Waals surface area contributed by atoms with Crippen molar-refractivity contribution in [1.82, 2.24) is 4.31 Å². The van der Waals surface area contributed by atoms with E-state index in [2.05, 4.69) is 5.16 Å². The first kappa shape index (κ1) is 25.6. The number of piperidine rings is 1. The Balaban J connectivity index is 1.50. The second-order valence-corrected chi connectivity index (χ2v) is 10.1. The molecule has 0 bridgehead atoms. The highest BCUT2D eigenvalue weighted by molar-refractivity contribution is 7.89. The normalized spacial score (nSPS) is 14.5. The van der Waals surface area contributed by atoms with Gasteiger partial charge >= 0.3 is 0 Å². The molecular weight excluding hydrogens is 490 g/mol. The van der Waals surface area contributed by atoms with Crippen LogP contribution in [0, 0.1) is 11.6 Å². The summed E-state index contributed by atoms with van der Waals surface area (Å²) in [6.07, 6.45) is 0.0531. The number of benzene rings is 3. The number of methoxy groups -OCH3 is 2. The lowest BCUT2D eigenvalue weighted by atomic mass is 10.0. The fraction of sp³-hybridized carbons (Fsp3) is 0.269. The van der Waals surface area contributed by atoms with E-state index in [4.69, 9.17) is 14.3 Å². The molecule has 0 aliphatic carbocycles. The first-order valence-corrected chi connectivity index (χ1v) is 12.7. The molecule has 0 radical (unpaired) electrons. The van der Waals surface area contributed by atoms with E-state index in [0.29, 0.717) is 35.4 Å². The first-order chi connectivity index (χ1) is 17.3. The van der Waals surface area contributed by atoms with Crippen LogP contribution < -0.4 is 9.47 Å². The van der Waals surface area contributed by atoms with E-state index in [1.807, 2.05) is 0 Å². The van der Waals surface area contributed by atoms with Gasteiger partial charge in [-0.1, -0.05) is 29.4 Å². The largest absolute Gasteiger partial charge is 0.497 e. The molecule has 0 saturated carbocycles. The SMILES string of the molecule is COc1ccc(OC)c(S(=O)(=O)N2CCC(=NOC(c3ccc(F)cc3)c3ccc(F)cc3)CC2)c1. The third-order valence-corrected chi connectivity index (χ3v) is 7.84. The molecule has 1 aliphatic rings. The number of sulfonamides is 1. The van der Waals surface area contributed by atoms with Crippen LogP contribution in [0.25, 0.3) is 0 Å². The highest BCUT2D eigenvalue weighted by Gasteiger charge is 2.31. The number of hydrogen-bond donors (Lipinski definition) is 0. The van der Waals surface area contributed by atoms with E-state index in [9.17, 15) is 17.2 Å². The van der Waals surface area contributed by atoms with Crippen LogP contribution in [-0.2, 0) is 14.9 Å². The van der Waals surface area contributed by atoms with Crippen molar-refractivity contribution < 1.29 is 31.5 Å². The molecule has 0 unspecified atom stereocenters. The van der Waals surface area contributed by atoms with E-state index in [0.717, 1.165) is 0 Å². The summed E-state index contributed by atoms with van der Waals surface area (Å²) in [5, 5.41) is 4.29. The minimum Gasteiger partial charge on any atom is -0.497 e. The lowest BCUT2D eigenvalue weighted by molar-refractivity contribution is 0.0855. The lowest BCUT2D eigenvalue weighted by Crippen LogP contribution is -2.38. The molecule has 1 saturated heterocycles. The predicted octanol–water partition coefficient (Wildman–Crippen LogP) is 4.93. The van der Waals surface area contributed by atoms with Gasteiger partial charge in [-0.15, -0.1) is 0 Å². The molecule has 3 aromatic rings. The predicted molar refractivity (Wildman–Crippen MR) is 131 cm³/mol. The zero-order chi connectivity index (χ0) is 25.7. The van der Waals surface area contributed by atoms with Crippen molar-refractivity contribution in [2.75, 3.05) is 27.3 Å². The van der Waals surface area contributed by atoms with Crippen molar-refractivity contribution in [2.24, 2.45) is 5.16 Å². The van der Waals surface area contributed by atoms with Crippen LogP contribution >= 0.6 is 0 Å². The van der Waals surface area contributed by atoms with Gasteiger partial charge in [0.2, 0.25) is 10.0 Å². The van der Waals surface area contributed by atoms with E-state index < -0.39 is 16.1 Å². The Hall–Kier alpha value is -3.50. The molecule has 0 atom stereocenters. The highest BCUT2D eigenvalue weighted by atomic mass is 32.2. The third-order valence-electron chi connectivity index (χ3n) is 5.92. The van der Waals surface area contributed by atoms with Gasteiger partial charge in [-0.3, -0.25) is 0 Å². The maximum absolute atomic E-state index is 13.4. The summed E-state index contributed by atoms with van der Waals surface area (Å²) >= 11 is 0. The molecule has 10 heteroatoms. The average molecular weight is 517 g/mol. The number of halogens is 2. The van der Waals surface area contributed by atoms with Gasteiger partial charge in [-0.05, 0) is 47.5 Å². The molecule has 0 spiro atoms. The third kappa shape index (κ3) is 5.66. The van der Waals surface area contributed by atoms with Gasteiger partial charge in [-0.2, -0.15) is 4.31 Å². The van der Waals surface area contributed by atoms with E-state index in [1.165, 1.54) is 48.9 Å². The number of ether oxygens (including phenoxy) is 2. The summed E-state index contributed by atoms with van der Waals surface area (Å²) in [6.45, 7) is 0.422. The van der Waals surface area contributed by atoms with Gasteiger partial charge in [-0.25, -0.2) is 17.2 Å². The maximum atomic E-state index is 13.4. The van der Waals surface area contributed by atoms with Crippen LogP contribution in [0.15, 0.2) is 76.8 Å². The van der Waals surface area contributed by atoms with E-state index >= 15 is 0 Å². The fourth-order valence-electron chi connectivity index (χ4n) is 3.92. The van der Waals surface area contributed by atoms with Gasteiger partial charge in [0, 0.05) is 32.0 Å². The summed E-state index contributed by atoms with van der Waals surface area (Å²) in [6, 6.07) is 16.2. The van der Waals surface area contributed by atoms with Crippen LogP contribution in [0.2, 0.25) is 0 Å². The zero-order valence-corrected chi connectivity index (χ0v) is 20.7. The highest BCUT2D eigenvalue weighted by Crippen LogP contribution is 2.32. The molecule has 0 amide bonds. The van der Waals surface area contributed by atoms with Crippen molar-refractivity contribution in [2.45, 2.75) is 23.8 Å². The summed E-state index contributed by atoms with van der Waals surface area (Å²) in [5.41, 5.74) is 1.99. The molecule has 7 nitrogen and oxygen atoms in total. The average Bonchev–Trinajstić information content (AvgIpc) is 2.90. The Bertz CT molecular complexity index is 1270. The van der Waals surface area contributed by atoms with E-state index in [-0.39, 0.29) is 35.4 Å². The number of oxime groups is 1. The molecular formula is C26H26F2N2O5S. The topological polar surface area (TPSA) is 77.4 Å². The molecule has 1 aliphatic heterocycles. The lowest BCUT2D eigenvalue weighted by Gasteiger charge is -2.27. The van der Waals surface area contributed by atoms with Crippen LogP contribution in [-0.4, -0.2) is 45.7 Å². The standard InChI is InChI=1S/C26H26F2N2O5S/c1-33-23-11-12-24(34-2)25(17-23)36(31,32)30-15-13-22(14-16-30)29-35-26(18-3-7-20(27)8-4-18)19-5-9-21(28)10-6-19/h3-12,17,26H,13-16H2,1-2H3. The molecule has 4 rings (SSSR count). The minimum atomic E-state index is -3.82.